The van der Waals surface area contributed by atoms with Crippen LogP contribution < -0.4 is 5.19 Å². The van der Waals surface area contributed by atoms with Crippen molar-refractivity contribution in [1.29, 1.82) is 0 Å². The molecule has 9 aromatic rings. The second kappa shape index (κ2) is 23.0. The van der Waals surface area contributed by atoms with E-state index in [2.05, 4.69) is 208 Å². The van der Waals surface area contributed by atoms with Crippen molar-refractivity contribution in [3.8, 4) is 44.9 Å². The number of hydrogen-bond donors (Lipinski definition) is 0. The van der Waals surface area contributed by atoms with Crippen LogP contribution in [0.15, 0.2) is 175 Å². The number of fused-ring (bicyclic) bond motifs is 3. The number of aromatic nitrogens is 3. The number of para-hydroxylation sites is 1. The molecule has 351 valence electrons. The van der Waals surface area contributed by atoms with Crippen molar-refractivity contribution >= 4 is 35.2 Å². The topological polar surface area (TPSA) is 51.8 Å². The van der Waals surface area contributed by atoms with Gasteiger partial charge in [0.25, 0.3) is 0 Å². The minimum absolute atomic E-state index is 0. The first kappa shape index (κ1) is 51.6. The van der Waals surface area contributed by atoms with E-state index in [0.717, 1.165) is 63.8 Å². The van der Waals surface area contributed by atoms with Gasteiger partial charge in [0.1, 0.15) is 11.2 Å². The van der Waals surface area contributed by atoms with Crippen molar-refractivity contribution in [3.63, 3.8) is 0 Å². The Hall–Kier alpha value is -5.78. The third-order valence-corrected chi connectivity index (χ3v) is 13.9. The Kier molecular flexibility index (Phi) is 17.5. The zero-order valence-corrected chi connectivity index (χ0v) is 45.4. The molecule has 4 nitrogen and oxygen atoms in total. The minimum Gasteiger partial charge on any atom is -0.455 e. The summed E-state index contributed by atoms with van der Waals surface area (Å²) < 4.78 is 6.43. The molecule has 4 heterocycles. The van der Waals surface area contributed by atoms with E-state index < -0.39 is 8.07 Å². The number of rotatable bonds is 10. The first-order chi connectivity index (χ1) is 32.0. The maximum Gasteiger partial charge on any atom is 0.145 e. The number of furan rings is 1. The summed E-state index contributed by atoms with van der Waals surface area (Å²) in [7, 11) is -1.33. The fourth-order valence-electron chi connectivity index (χ4n) is 8.75. The molecule has 0 saturated heterocycles. The van der Waals surface area contributed by atoms with Crippen LogP contribution >= 0.6 is 0 Å². The summed E-state index contributed by atoms with van der Waals surface area (Å²) in [4.78, 5) is 13.9. The number of benzene rings is 5. The van der Waals surface area contributed by atoms with Crippen LogP contribution in [0.25, 0.3) is 66.8 Å². The van der Waals surface area contributed by atoms with Crippen LogP contribution in [0, 0.1) is 24.2 Å². The van der Waals surface area contributed by atoms with E-state index in [1.807, 2.05) is 42.7 Å². The fourth-order valence-corrected chi connectivity index (χ4v) is 10.3. The summed E-state index contributed by atoms with van der Waals surface area (Å²) in [5.41, 5.74) is 16.4. The second-order valence-electron chi connectivity index (χ2n) is 21.0. The monoisotopic (exact) mass is 1090 g/mol. The molecule has 0 aliphatic heterocycles. The van der Waals surface area contributed by atoms with Gasteiger partial charge in [0.2, 0.25) is 0 Å². The molecule has 0 atom stereocenters. The third kappa shape index (κ3) is 13.5. The Morgan fingerprint density at radius 3 is 1.66 bits per heavy atom. The van der Waals surface area contributed by atoms with Crippen molar-refractivity contribution in [1.82, 2.24) is 15.0 Å². The molecule has 1 radical (unpaired) electrons. The molecule has 0 aliphatic carbocycles. The summed E-state index contributed by atoms with van der Waals surface area (Å²) in [5, 5.41) is 3.80. The van der Waals surface area contributed by atoms with Gasteiger partial charge in [-0.1, -0.05) is 183 Å². The normalized spacial score (nSPS) is 11.5. The largest absolute Gasteiger partial charge is 0.455 e. The van der Waals surface area contributed by atoms with Crippen LogP contribution in [-0.2, 0) is 39.4 Å². The minimum atomic E-state index is -1.33. The Morgan fingerprint density at radius 1 is 0.544 bits per heavy atom. The van der Waals surface area contributed by atoms with Gasteiger partial charge in [-0.05, 0) is 118 Å². The zero-order chi connectivity index (χ0) is 47.7. The van der Waals surface area contributed by atoms with Crippen molar-refractivity contribution in [2.75, 3.05) is 0 Å². The van der Waals surface area contributed by atoms with Gasteiger partial charge in [0.05, 0.1) is 25.2 Å². The number of pyridine rings is 3. The molecule has 0 aliphatic rings. The van der Waals surface area contributed by atoms with Gasteiger partial charge in [-0.25, -0.2) is 0 Å². The van der Waals surface area contributed by atoms with E-state index in [9.17, 15) is 0 Å². The Balaban J connectivity index is 0.000000178. The summed E-state index contributed by atoms with van der Waals surface area (Å²) in [5.74, 6) is 1.36. The molecule has 0 amide bonds. The van der Waals surface area contributed by atoms with Crippen LogP contribution in [0.4, 0.5) is 0 Å². The SMILES string of the molecule is CC(C)Cc1cc(-c2ccccc2)ncc1[Si](C)(C)C.CC(C)Cc1ccnc(-c2ccccc2)c1.Cc1cnc(-c2ccc(-c3ccccc3)c3c2oc2ccccc23)cc1CC(C)(C)C.[Ir]. The van der Waals surface area contributed by atoms with Crippen LogP contribution in [0.3, 0.4) is 0 Å². The summed E-state index contributed by atoms with van der Waals surface area (Å²) >= 11 is 0. The first-order valence-electron chi connectivity index (χ1n) is 24.0. The molecule has 0 saturated carbocycles. The van der Waals surface area contributed by atoms with Crippen LogP contribution in [0.5, 0.6) is 0 Å². The van der Waals surface area contributed by atoms with E-state index in [4.69, 9.17) is 14.4 Å². The molecule has 0 bridgehead atoms. The predicted octanol–water partition coefficient (Wildman–Crippen LogP) is 16.6. The molecule has 0 N–H and O–H groups in total. The standard InChI is InChI=1S/C29H27NO.C18H25NSi.C15H17N.Ir/c1-19-18-30-25(16-21(19)17-29(2,3)4)23-15-14-22(20-10-6-5-7-11-20)27-24-12-8-9-13-26(24)31-28(23)27;1-14(2)11-16-12-17(15-9-7-6-8-10-15)19-13-18(16)20(3,4)5;1-12(2)10-13-8-9-16-15(11-13)14-6-4-3-5-7-14;/h5-16,18H,17H2,1-4H3;6-10,12-14H,11H2,1-5H3;3-9,11-12H,10H2,1-2H3;. The quantitative estimate of drug-likeness (QED) is 0.128. The molecular formula is C62H69IrN3OSi. The first-order valence-corrected chi connectivity index (χ1v) is 27.5. The maximum atomic E-state index is 6.43. The van der Waals surface area contributed by atoms with Crippen molar-refractivity contribution in [2.45, 2.75) is 94.3 Å². The average molecular weight is 1090 g/mol. The number of aryl methyl sites for hydroxylation is 1. The zero-order valence-electron chi connectivity index (χ0n) is 42.0. The van der Waals surface area contributed by atoms with Gasteiger partial charge in [0, 0.05) is 66.2 Å². The molecule has 6 heteroatoms. The van der Waals surface area contributed by atoms with Crippen molar-refractivity contribution in [3.05, 3.63) is 193 Å². The molecule has 0 unspecified atom stereocenters. The average Bonchev–Trinajstić information content (AvgIpc) is 3.70. The summed E-state index contributed by atoms with van der Waals surface area (Å²) in [6.45, 7) is 25.2. The van der Waals surface area contributed by atoms with Crippen molar-refractivity contribution < 1.29 is 24.5 Å². The van der Waals surface area contributed by atoms with Gasteiger partial charge < -0.3 is 4.42 Å². The van der Waals surface area contributed by atoms with Gasteiger partial charge >= 0.3 is 0 Å². The molecular weight excluding hydrogens is 1020 g/mol. The number of hydrogen-bond acceptors (Lipinski definition) is 4. The molecule has 0 spiro atoms. The molecule has 0 fully saturated rings. The summed E-state index contributed by atoms with van der Waals surface area (Å²) in [6, 6.07) is 52.8. The maximum absolute atomic E-state index is 6.43. The summed E-state index contributed by atoms with van der Waals surface area (Å²) in [6.07, 6.45) is 9.30. The Bertz CT molecular complexity index is 3020. The number of nitrogens with zero attached hydrogens (tertiary/aromatic N) is 3. The van der Waals surface area contributed by atoms with Gasteiger partial charge in [-0.2, -0.15) is 0 Å². The molecule has 5 aromatic carbocycles. The smallest absolute Gasteiger partial charge is 0.145 e. The van der Waals surface area contributed by atoms with Crippen LogP contribution in [-0.4, -0.2) is 23.0 Å². The van der Waals surface area contributed by atoms with E-state index in [1.165, 1.54) is 49.7 Å². The van der Waals surface area contributed by atoms with E-state index in [0.29, 0.717) is 11.8 Å². The van der Waals surface area contributed by atoms with Gasteiger partial charge in [-0.15, -0.1) is 0 Å². The van der Waals surface area contributed by atoms with Gasteiger partial charge in [0.15, 0.2) is 0 Å². The Labute approximate surface area is 421 Å². The molecule has 68 heavy (non-hydrogen) atoms. The molecule has 4 aromatic heterocycles. The van der Waals surface area contributed by atoms with Gasteiger partial charge in [-0.3, -0.25) is 15.0 Å². The second-order valence-corrected chi connectivity index (χ2v) is 26.1. The van der Waals surface area contributed by atoms with E-state index >= 15 is 0 Å². The Morgan fingerprint density at radius 2 is 1.07 bits per heavy atom. The van der Waals surface area contributed by atoms with Crippen LogP contribution in [0.2, 0.25) is 19.6 Å². The van der Waals surface area contributed by atoms with Crippen molar-refractivity contribution in [2.24, 2.45) is 17.3 Å². The fraction of sp³-hybridized carbons (Fsp3) is 0.274. The molecule has 9 rings (SSSR count). The van der Waals surface area contributed by atoms with Crippen LogP contribution in [0.1, 0.15) is 70.7 Å². The third-order valence-electron chi connectivity index (χ3n) is 11.9. The van der Waals surface area contributed by atoms with E-state index in [-0.39, 0.29) is 25.5 Å². The van der Waals surface area contributed by atoms with E-state index in [1.54, 1.807) is 0 Å². The predicted molar refractivity (Wildman–Crippen MR) is 290 cm³/mol.